The highest BCUT2D eigenvalue weighted by Gasteiger charge is 2.38. The molecule has 0 bridgehead atoms. The molecule has 1 heterocycles. The minimum Gasteiger partial charge on any atom is -0.489 e. The summed E-state index contributed by atoms with van der Waals surface area (Å²) in [6.45, 7) is 4.85. The molecule has 1 aliphatic rings. The maximum Gasteiger partial charge on any atom is 0.178 e. The van der Waals surface area contributed by atoms with Gasteiger partial charge >= 0.3 is 0 Å². The summed E-state index contributed by atoms with van der Waals surface area (Å²) in [6.07, 6.45) is 3.56. The largest absolute Gasteiger partial charge is 0.489 e. The second kappa shape index (κ2) is 5.46. The van der Waals surface area contributed by atoms with Crippen LogP contribution >= 0.6 is 12.2 Å². The lowest BCUT2D eigenvalue weighted by molar-refractivity contribution is -0.0830. The zero-order valence-electron chi connectivity index (χ0n) is 12.8. The van der Waals surface area contributed by atoms with Crippen molar-refractivity contribution in [1.82, 2.24) is 9.55 Å². The molecule has 0 saturated heterocycles. The summed E-state index contributed by atoms with van der Waals surface area (Å²) in [6, 6.07) is 6.07. The monoisotopic (exact) mass is 306 g/mol. The van der Waals surface area contributed by atoms with Crippen LogP contribution in [0.15, 0.2) is 18.2 Å². The highest BCUT2D eigenvalue weighted by Crippen LogP contribution is 2.38. The number of benzene rings is 1. The van der Waals surface area contributed by atoms with E-state index in [9.17, 15) is 0 Å². The maximum absolute atomic E-state index is 5.87. The quantitative estimate of drug-likeness (QED) is 0.847. The molecule has 1 N–H and O–H groups in total. The smallest absolute Gasteiger partial charge is 0.178 e. The van der Waals surface area contributed by atoms with E-state index in [1.165, 1.54) is 6.42 Å². The van der Waals surface area contributed by atoms with Crippen LogP contribution in [0, 0.1) is 4.77 Å². The van der Waals surface area contributed by atoms with Crippen LogP contribution in [0.4, 0.5) is 0 Å². The highest BCUT2D eigenvalue weighted by molar-refractivity contribution is 7.71. The van der Waals surface area contributed by atoms with Gasteiger partial charge in [0.05, 0.1) is 23.8 Å². The molecule has 4 nitrogen and oxygen atoms in total. The van der Waals surface area contributed by atoms with Crippen LogP contribution in [0.25, 0.3) is 11.0 Å². The van der Waals surface area contributed by atoms with Gasteiger partial charge in [-0.05, 0) is 57.5 Å². The Balaban J connectivity index is 2.03. The Bertz CT molecular complexity index is 692. The molecule has 114 valence electrons. The van der Waals surface area contributed by atoms with Gasteiger partial charge in [-0.2, -0.15) is 0 Å². The van der Waals surface area contributed by atoms with Gasteiger partial charge in [-0.15, -0.1) is 0 Å². The topological polar surface area (TPSA) is 39.2 Å². The lowest BCUT2D eigenvalue weighted by Crippen LogP contribution is -2.43. The Hall–Kier alpha value is -1.33. The highest BCUT2D eigenvalue weighted by atomic mass is 32.1. The first-order chi connectivity index (χ1) is 10.0. The average molecular weight is 306 g/mol. The molecular weight excluding hydrogens is 284 g/mol. The molecule has 0 aliphatic heterocycles. The van der Waals surface area contributed by atoms with E-state index in [1.807, 2.05) is 26.0 Å². The number of aromatic nitrogens is 2. The fourth-order valence-electron chi connectivity index (χ4n) is 2.95. The predicted molar refractivity (Wildman–Crippen MR) is 86.5 cm³/mol. The van der Waals surface area contributed by atoms with Crippen molar-refractivity contribution in [3.8, 4) is 5.75 Å². The van der Waals surface area contributed by atoms with Gasteiger partial charge in [0.15, 0.2) is 4.77 Å². The fourth-order valence-corrected chi connectivity index (χ4v) is 3.21. The van der Waals surface area contributed by atoms with Crippen LogP contribution in [0.3, 0.4) is 0 Å². The van der Waals surface area contributed by atoms with E-state index in [1.54, 1.807) is 7.11 Å². The summed E-state index contributed by atoms with van der Waals surface area (Å²) in [7, 11) is 1.80. The number of para-hydroxylation sites is 1. The summed E-state index contributed by atoms with van der Waals surface area (Å²) in [5, 5.41) is 0. The SMILES string of the molecule is COC1(Cn2c(=S)[nH]c3c(OC(C)C)cccc32)CCC1. The van der Waals surface area contributed by atoms with Gasteiger partial charge in [0.1, 0.15) is 11.3 Å². The average Bonchev–Trinajstić information content (AvgIpc) is 2.71. The summed E-state index contributed by atoms with van der Waals surface area (Å²) >= 11 is 5.51. The molecule has 0 spiro atoms. The minimum atomic E-state index is -0.0533. The molecule has 1 fully saturated rings. The summed E-state index contributed by atoms with van der Waals surface area (Å²) in [5.74, 6) is 0.854. The Morgan fingerprint density at radius 3 is 2.71 bits per heavy atom. The third kappa shape index (κ3) is 2.60. The number of fused-ring (bicyclic) bond motifs is 1. The van der Waals surface area contributed by atoms with Crippen LogP contribution in [0.2, 0.25) is 0 Å². The second-order valence-electron chi connectivity index (χ2n) is 6.07. The first-order valence-corrected chi connectivity index (χ1v) is 7.89. The number of methoxy groups -OCH3 is 1. The molecule has 0 atom stereocenters. The first-order valence-electron chi connectivity index (χ1n) is 7.48. The molecule has 0 unspecified atom stereocenters. The van der Waals surface area contributed by atoms with Gasteiger partial charge in [0, 0.05) is 7.11 Å². The Morgan fingerprint density at radius 2 is 2.14 bits per heavy atom. The van der Waals surface area contributed by atoms with Gasteiger partial charge in [-0.1, -0.05) is 6.07 Å². The van der Waals surface area contributed by atoms with Crippen molar-refractivity contribution in [2.24, 2.45) is 0 Å². The fraction of sp³-hybridized carbons (Fsp3) is 0.562. The number of hydrogen-bond donors (Lipinski definition) is 1. The third-order valence-electron chi connectivity index (χ3n) is 4.28. The van der Waals surface area contributed by atoms with Gasteiger partial charge < -0.3 is 19.0 Å². The predicted octanol–water partition coefficient (Wildman–Crippen LogP) is 4.06. The van der Waals surface area contributed by atoms with E-state index in [-0.39, 0.29) is 11.7 Å². The van der Waals surface area contributed by atoms with Crippen molar-refractivity contribution in [1.29, 1.82) is 0 Å². The first kappa shape index (κ1) is 14.6. The molecule has 1 aliphatic carbocycles. The van der Waals surface area contributed by atoms with Crippen molar-refractivity contribution >= 4 is 23.3 Å². The molecule has 21 heavy (non-hydrogen) atoms. The maximum atomic E-state index is 5.87. The van der Waals surface area contributed by atoms with Gasteiger partial charge in [-0.25, -0.2) is 0 Å². The number of aromatic amines is 1. The second-order valence-corrected chi connectivity index (χ2v) is 6.46. The Morgan fingerprint density at radius 1 is 1.38 bits per heavy atom. The van der Waals surface area contributed by atoms with Crippen molar-refractivity contribution in [3.05, 3.63) is 23.0 Å². The van der Waals surface area contributed by atoms with Crippen molar-refractivity contribution in [2.75, 3.05) is 7.11 Å². The molecule has 2 aromatic rings. The molecule has 1 saturated carbocycles. The number of nitrogens with one attached hydrogen (secondary N) is 1. The third-order valence-corrected chi connectivity index (χ3v) is 4.60. The van der Waals surface area contributed by atoms with Crippen LogP contribution in [-0.2, 0) is 11.3 Å². The molecule has 0 amide bonds. The van der Waals surface area contributed by atoms with Gasteiger partial charge in [-0.3, -0.25) is 0 Å². The number of imidazole rings is 1. The summed E-state index contributed by atoms with van der Waals surface area (Å²) in [4.78, 5) is 3.29. The number of nitrogens with zero attached hydrogens (tertiary/aromatic N) is 1. The Labute approximate surface area is 130 Å². The molecular formula is C16H22N2O2S. The van der Waals surface area contributed by atoms with Crippen LogP contribution in [0.1, 0.15) is 33.1 Å². The molecule has 5 heteroatoms. The van der Waals surface area contributed by atoms with E-state index >= 15 is 0 Å². The number of rotatable bonds is 5. The number of hydrogen-bond acceptors (Lipinski definition) is 3. The van der Waals surface area contributed by atoms with E-state index in [0.29, 0.717) is 0 Å². The van der Waals surface area contributed by atoms with Gasteiger partial charge in [0.2, 0.25) is 0 Å². The van der Waals surface area contributed by atoms with Crippen LogP contribution < -0.4 is 4.74 Å². The van der Waals surface area contributed by atoms with Crippen LogP contribution in [0.5, 0.6) is 5.75 Å². The molecule has 0 radical (unpaired) electrons. The van der Waals surface area contributed by atoms with Crippen molar-refractivity contribution in [3.63, 3.8) is 0 Å². The molecule has 1 aromatic heterocycles. The van der Waals surface area contributed by atoms with E-state index < -0.39 is 0 Å². The minimum absolute atomic E-state index is 0.0533. The van der Waals surface area contributed by atoms with E-state index in [0.717, 1.165) is 40.9 Å². The summed E-state index contributed by atoms with van der Waals surface area (Å²) < 4.78 is 14.5. The molecule has 3 rings (SSSR count). The van der Waals surface area contributed by atoms with Crippen LogP contribution in [-0.4, -0.2) is 28.4 Å². The Kier molecular flexibility index (Phi) is 3.80. The normalized spacial score (nSPS) is 17.1. The number of H-pyrrole nitrogens is 1. The lowest BCUT2D eigenvalue weighted by atomic mass is 9.80. The lowest BCUT2D eigenvalue weighted by Gasteiger charge is -2.40. The summed E-state index contributed by atoms with van der Waals surface area (Å²) in [5.41, 5.74) is 2.01. The van der Waals surface area contributed by atoms with E-state index in [2.05, 4.69) is 15.6 Å². The molecule has 1 aromatic carbocycles. The zero-order valence-corrected chi connectivity index (χ0v) is 13.6. The van der Waals surface area contributed by atoms with Crippen molar-refractivity contribution < 1.29 is 9.47 Å². The number of ether oxygens (including phenoxy) is 2. The van der Waals surface area contributed by atoms with Crippen molar-refractivity contribution in [2.45, 2.75) is 51.4 Å². The van der Waals surface area contributed by atoms with E-state index in [4.69, 9.17) is 21.7 Å². The van der Waals surface area contributed by atoms with Gasteiger partial charge in [0.25, 0.3) is 0 Å². The zero-order chi connectivity index (χ0) is 15.0. The standard InChI is InChI=1S/C16H22N2O2S/c1-11(2)20-13-7-4-6-12-14(13)17-15(21)18(12)10-16(19-3)8-5-9-16/h4,6-7,11H,5,8-10H2,1-3H3,(H,17,21).